The number of carbonyl (C=O) groups excluding carboxylic acids is 1. The van der Waals surface area contributed by atoms with E-state index in [2.05, 4.69) is 15.3 Å². The molecule has 1 atom stereocenters. The molecule has 0 amide bonds. The van der Waals surface area contributed by atoms with Gasteiger partial charge in [0.05, 0.1) is 23.5 Å². The highest BCUT2D eigenvalue weighted by Gasteiger charge is 2.22. The van der Waals surface area contributed by atoms with Gasteiger partial charge in [-0.25, -0.2) is 4.98 Å². The maximum Gasteiger partial charge on any atom is 0.157 e. The first-order valence-corrected chi connectivity index (χ1v) is 6.50. The summed E-state index contributed by atoms with van der Waals surface area (Å²) in [4.78, 5) is 19.6. The van der Waals surface area contributed by atoms with Gasteiger partial charge >= 0.3 is 0 Å². The summed E-state index contributed by atoms with van der Waals surface area (Å²) in [5.41, 5.74) is 1.73. The number of ketones is 1. The number of aromatic nitrogens is 2. The molecule has 1 aliphatic rings. The van der Waals surface area contributed by atoms with Crippen LogP contribution in [0.25, 0.3) is 11.0 Å². The molecular formula is C13H15Cl2N3O. The highest BCUT2D eigenvalue weighted by molar-refractivity contribution is 6.31. The van der Waals surface area contributed by atoms with Gasteiger partial charge in [-0.05, 0) is 37.6 Å². The van der Waals surface area contributed by atoms with Gasteiger partial charge in [-0.1, -0.05) is 11.6 Å². The van der Waals surface area contributed by atoms with E-state index in [0.29, 0.717) is 17.3 Å². The maximum atomic E-state index is 12.0. The fraction of sp³-hybridized carbons (Fsp3) is 0.385. The van der Waals surface area contributed by atoms with Gasteiger partial charge < -0.3 is 10.3 Å². The fourth-order valence-electron chi connectivity index (χ4n) is 2.37. The molecule has 0 aliphatic carbocycles. The summed E-state index contributed by atoms with van der Waals surface area (Å²) in [6, 6.07) is 5.48. The van der Waals surface area contributed by atoms with Gasteiger partial charge in [-0.15, -0.1) is 12.4 Å². The predicted molar refractivity (Wildman–Crippen MR) is 78.1 cm³/mol. The molecule has 0 saturated carbocycles. The molecule has 1 aliphatic heterocycles. The number of aromatic amines is 1. The number of H-pyrrole nitrogens is 1. The molecule has 4 nitrogen and oxygen atoms in total. The summed E-state index contributed by atoms with van der Waals surface area (Å²) in [5.74, 6) is 0.920. The number of hydrogen-bond acceptors (Lipinski definition) is 3. The molecule has 1 fully saturated rings. The van der Waals surface area contributed by atoms with Crippen LogP contribution in [0, 0.1) is 0 Å². The third-order valence-corrected chi connectivity index (χ3v) is 3.52. The zero-order valence-electron chi connectivity index (χ0n) is 10.3. The van der Waals surface area contributed by atoms with Gasteiger partial charge in [0, 0.05) is 5.02 Å². The third-order valence-electron chi connectivity index (χ3n) is 3.28. The van der Waals surface area contributed by atoms with Crippen LogP contribution >= 0.6 is 24.0 Å². The van der Waals surface area contributed by atoms with Crippen molar-refractivity contribution in [3.05, 3.63) is 29.0 Å². The molecule has 2 heterocycles. The van der Waals surface area contributed by atoms with E-state index < -0.39 is 0 Å². The van der Waals surface area contributed by atoms with Crippen LogP contribution in [0.1, 0.15) is 18.7 Å². The van der Waals surface area contributed by atoms with Crippen molar-refractivity contribution in [2.24, 2.45) is 0 Å². The Bertz CT molecular complexity index is 591. The molecule has 0 spiro atoms. The number of nitrogens with one attached hydrogen (secondary N) is 2. The molecule has 0 bridgehead atoms. The predicted octanol–water partition coefficient (Wildman–Crippen LogP) is 2.50. The Morgan fingerprint density at radius 1 is 1.47 bits per heavy atom. The first kappa shape index (κ1) is 14.3. The zero-order valence-corrected chi connectivity index (χ0v) is 11.9. The summed E-state index contributed by atoms with van der Waals surface area (Å²) in [6.07, 6.45) is 2.36. The van der Waals surface area contributed by atoms with Crippen molar-refractivity contribution in [2.45, 2.75) is 25.3 Å². The summed E-state index contributed by atoms with van der Waals surface area (Å²) in [6.45, 7) is 0.937. The third kappa shape index (κ3) is 3.08. The molecule has 3 rings (SSSR count). The SMILES string of the molecule is Cl.O=C(Cc1nc2ccc(Cl)cc2[nH]1)[C@@H]1CCCN1. The number of carbonyl (C=O) groups is 1. The second kappa shape index (κ2) is 5.90. The zero-order chi connectivity index (χ0) is 12.5. The number of benzene rings is 1. The summed E-state index contributed by atoms with van der Waals surface area (Å²) in [5, 5.41) is 3.88. The molecule has 2 aromatic rings. The van der Waals surface area contributed by atoms with Gasteiger partial charge in [0.2, 0.25) is 0 Å². The summed E-state index contributed by atoms with van der Waals surface area (Å²) < 4.78 is 0. The largest absolute Gasteiger partial charge is 0.342 e. The smallest absolute Gasteiger partial charge is 0.157 e. The van der Waals surface area contributed by atoms with E-state index in [0.717, 1.165) is 30.4 Å². The van der Waals surface area contributed by atoms with E-state index in [-0.39, 0.29) is 24.2 Å². The van der Waals surface area contributed by atoms with Crippen molar-refractivity contribution in [3.8, 4) is 0 Å². The molecule has 19 heavy (non-hydrogen) atoms. The molecule has 1 saturated heterocycles. The molecule has 0 unspecified atom stereocenters. The molecule has 2 N–H and O–H groups in total. The van der Waals surface area contributed by atoms with Gasteiger partial charge in [-0.2, -0.15) is 0 Å². The Morgan fingerprint density at radius 2 is 2.32 bits per heavy atom. The van der Waals surface area contributed by atoms with E-state index in [1.165, 1.54) is 0 Å². The second-order valence-corrected chi connectivity index (χ2v) is 5.07. The van der Waals surface area contributed by atoms with Crippen molar-refractivity contribution < 1.29 is 4.79 Å². The average molecular weight is 300 g/mol. The van der Waals surface area contributed by atoms with Crippen LogP contribution in [-0.4, -0.2) is 28.3 Å². The first-order valence-electron chi connectivity index (χ1n) is 6.12. The lowest BCUT2D eigenvalue weighted by Crippen LogP contribution is -2.32. The van der Waals surface area contributed by atoms with Crippen LogP contribution in [0.4, 0.5) is 0 Å². The number of imidazole rings is 1. The monoisotopic (exact) mass is 299 g/mol. The Kier molecular flexibility index (Phi) is 4.45. The Balaban J connectivity index is 0.00000133. The van der Waals surface area contributed by atoms with Gasteiger partial charge in [0.15, 0.2) is 5.78 Å². The van der Waals surface area contributed by atoms with Crippen LogP contribution in [0.2, 0.25) is 5.02 Å². The normalized spacial score (nSPS) is 18.5. The topological polar surface area (TPSA) is 57.8 Å². The van der Waals surface area contributed by atoms with Crippen LogP contribution in [0.5, 0.6) is 0 Å². The molecular weight excluding hydrogens is 285 g/mol. The average Bonchev–Trinajstić information content (AvgIpc) is 2.95. The van der Waals surface area contributed by atoms with Crippen LogP contribution in [0.3, 0.4) is 0 Å². The Hall–Kier alpha value is -1.10. The number of rotatable bonds is 3. The minimum atomic E-state index is 0. The highest BCUT2D eigenvalue weighted by Crippen LogP contribution is 2.18. The van der Waals surface area contributed by atoms with E-state index in [1.54, 1.807) is 6.07 Å². The second-order valence-electron chi connectivity index (χ2n) is 4.64. The molecule has 0 radical (unpaired) electrons. The van der Waals surface area contributed by atoms with Crippen LogP contribution in [-0.2, 0) is 11.2 Å². The lowest BCUT2D eigenvalue weighted by molar-refractivity contribution is -0.120. The lowest BCUT2D eigenvalue weighted by atomic mass is 10.1. The Labute approximate surface area is 122 Å². The van der Waals surface area contributed by atoms with Crippen molar-refractivity contribution in [3.63, 3.8) is 0 Å². The van der Waals surface area contributed by atoms with Crippen molar-refractivity contribution in [1.29, 1.82) is 0 Å². The first-order chi connectivity index (χ1) is 8.72. The van der Waals surface area contributed by atoms with Gasteiger partial charge in [0.1, 0.15) is 5.82 Å². The van der Waals surface area contributed by atoms with Gasteiger partial charge in [0.25, 0.3) is 0 Å². The number of hydrogen-bond donors (Lipinski definition) is 2. The van der Waals surface area contributed by atoms with E-state index in [1.807, 2.05) is 12.1 Å². The van der Waals surface area contributed by atoms with Crippen molar-refractivity contribution in [2.75, 3.05) is 6.54 Å². The van der Waals surface area contributed by atoms with Gasteiger partial charge in [-0.3, -0.25) is 4.79 Å². The number of Topliss-reactive ketones (excluding diaryl/α,β-unsaturated/α-hetero) is 1. The van der Waals surface area contributed by atoms with Crippen LogP contribution < -0.4 is 5.32 Å². The minimum Gasteiger partial charge on any atom is -0.342 e. The highest BCUT2D eigenvalue weighted by atomic mass is 35.5. The lowest BCUT2D eigenvalue weighted by Gasteiger charge is -2.06. The molecule has 102 valence electrons. The summed E-state index contributed by atoms with van der Waals surface area (Å²) in [7, 11) is 0. The standard InChI is InChI=1S/C13H14ClN3O.ClH/c14-8-3-4-9-11(6-8)17-13(16-9)7-12(18)10-2-1-5-15-10;/h3-4,6,10,15H,1-2,5,7H2,(H,16,17);1H/t10-;/m0./s1. The molecule has 6 heteroatoms. The fourth-order valence-corrected chi connectivity index (χ4v) is 2.54. The maximum absolute atomic E-state index is 12.0. The van der Waals surface area contributed by atoms with E-state index >= 15 is 0 Å². The van der Waals surface area contributed by atoms with Crippen LogP contribution in [0.15, 0.2) is 18.2 Å². The van der Waals surface area contributed by atoms with E-state index in [9.17, 15) is 4.79 Å². The van der Waals surface area contributed by atoms with Crippen molar-refractivity contribution in [1.82, 2.24) is 15.3 Å². The number of halogens is 2. The summed E-state index contributed by atoms with van der Waals surface area (Å²) >= 11 is 5.91. The quantitative estimate of drug-likeness (QED) is 0.915. The number of nitrogens with zero attached hydrogens (tertiary/aromatic N) is 1. The molecule has 1 aromatic heterocycles. The minimum absolute atomic E-state index is 0. The molecule has 1 aromatic carbocycles. The number of fused-ring (bicyclic) bond motifs is 1. The van der Waals surface area contributed by atoms with Crippen molar-refractivity contribution >= 4 is 40.8 Å². The van der Waals surface area contributed by atoms with E-state index in [4.69, 9.17) is 11.6 Å². The Morgan fingerprint density at radius 3 is 3.05 bits per heavy atom.